The van der Waals surface area contributed by atoms with Gasteiger partial charge in [-0.25, -0.2) is 4.79 Å². The van der Waals surface area contributed by atoms with Gasteiger partial charge in [0.05, 0.1) is 19.3 Å². The molecule has 14 nitrogen and oxygen atoms in total. The molecule has 14 heteroatoms. The molecular formula is C17H31N3O11. The number of methoxy groups -OCH3 is 1. The van der Waals surface area contributed by atoms with Gasteiger partial charge in [-0.3, -0.25) is 4.79 Å². The van der Waals surface area contributed by atoms with Crippen LogP contribution < -0.4 is 16.0 Å². The third-order valence-electron chi connectivity index (χ3n) is 5.16. The highest BCUT2D eigenvalue weighted by molar-refractivity contribution is 5.74. The van der Waals surface area contributed by atoms with Crippen molar-refractivity contribution in [3.05, 3.63) is 0 Å². The second-order valence-corrected chi connectivity index (χ2v) is 7.23. The van der Waals surface area contributed by atoms with Crippen LogP contribution in [0.4, 0.5) is 4.79 Å². The Morgan fingerprint density at radius 1 is 0.903 bits per heavy atom. The lowest BCUT2D eigenvalue weighted by molar-refractivity contribution is -0.336. The molecule has 0 bridgehead atoms. The van der Waals surface area contributed by atoms with E-state index in [9.17, 15) is 35.1 Å². The van der Waals surface area contributed by atoms with Crippen LogP contribution in [-0.2, 0) is 23.7 Å². The zero-order valence-electron chi connectivity index (χ0n) is 17.4. The first-order chi connectivity index (χ1) is 14.7. The van der Waals surface area contributed by atoms with E-state index < -0.39 is 86.4 Å². The Morgan fingerprint density at radius 3 is 2.03 bits per heavy atom. The molecule has 0 saturated carbocycles. The van der Waals surface area contributed by atoms with E-state index in [1.54, 1.807) is 0 Å². The van der Waals surface area contributed by atoms with Crippen LogP contribution in [0.15, 0.2) is 0 Å². The molecule has 0 radical (unpaired) electrons. The number of ether oxygens (including phenoxy) is 4. The van der Waals surface area contributed by atoms with E-state index >= 15 is 0 Å². The highest BCUT2D eigenvalue weighted by Gasteiger charge is 2.51. The molecule has 8 N–H and O–H groups in total. The van der Waals surface area contributed by atoms with Gasteiger partial charge in [0, 0.05) is 21.1 Å². The molecule has 2 aliphatic rings. The fourth-order valence-corrected chi connectivity index (χ4v) is 3.57. The molecule has 0 aliphatic carbocycles. The standard InChI is InChI=1S/C17H31N3O11/c1-6(23)19-10-12(25)14(8(5-22)30-15(10)28-3)31-16-13(26)9(20-17(27)18-2)11(24)7(4-21)29-16/h7-16,21-22,24-26H,4-5H2,1-3H3,(H,19,23)(H2,18,20,27)/t7-,8-,9+,10-,11+,12-,13-,14-,15?,16+/m1/s1. The Labute approximate surface area is 178 Å². The zero-order chi connectivity index (χ0) is 23.3. The van der Waals surface area contributed by atoms with Crippen molar-refractivity contribution < 1.29 is 54.1 Å². The summed E-state index contributed by atoms with van der Waals surface area (Å²) in [5.74, 6) is -0.483. The summed E-state index contributed by atoms with van der Waals surface area (Å²) in [5, 5.41) is 58.0. The van der Waals surface area contributed by atoms with E-state index in [2.05, 4.69) is 16.0 Å². The molecule has 2 fully saturated rings. The van der Waals surface area contributed by atoms with Gasteiger partial charge in [-0.2, -0.15) is 0 Å². The summed E-state index contributed by atoms with van der Waals surface area (Å²) >= 11 is 0. The maximum atomic E-state index is 11.7. The van der Waals surface area contributed by atoms with Crippen molar-refractivity contribution in [1.29, 1.82) is 0 Å². The van der Waals surface area contributed by atoms with Crippen LogP contribution in [0, 0.1) is 0 Å². The van der Waals surface area contributed by atoms with Crippen molar-refractivity contribution >= 4 is 11.9 Å². The Hall–Kier alpha value is -1.62. The largest absolute Gasteiger partial charge is 0.394 e. The maximum Gasteiger partial charge on any atom is 0.314 e. The van der Waals surface area contributed by atoms with Gasteiger partial charge in [-0.15, -0.1) is 0 Å². The first kappa shape index (κ1) is 25.6. The van der Waals surface area contributed by atoms with E-state index in [-0.39, 0.29) is 0 Å². The molecule has 180 valence electrons. The van der Waals surface area contributed by atoms with Crippen LogP contribution in [0.3, 0.4) is 0 Å². The van der Waals surface area contributed by atoms with E-state index in [0.29, 0.717) is 0 Å². The molecular weight excluding hydrogens is 422 g/mol. The number of hydrogen-bond donors (Lipinski definition) is 8. The second-order valence-electron chi connectivity index (χ2n) is 7.23. The maximum absolute atomic E-state index is 11.7. The fraction of sp³-hybridized carbons (Fsp3) is 0.882. The van der Waals surface area contributed by atoms with E-state index in [4.69, 9.17) is 18.9 Å². The van der Waals surface area contributed by atoms with Gasteiger partial charge in [0.2, 0.25) is 5.91 Å². The Kier molecular flexibility index (Phi) is 9.35. The Balaban J connectivity index is 2.25. The minimum atomic E-state index is -1.62. The van der Waals surface area contributed by atoms with Crippen LogP contribution in [0.1, 0.15) is 6.92 Å². The Bertz CT molecular complexity index is 612. The van der Waals surface area contributed by atoms with Crippen molar-refractivity contribution in [2.75, 3.05) is 27.4 Å². The smallest absolute Gasteiger partial charge is 0.314 e. The minimum absolute atomic E-state index is 0.483. The van der Waals surface area contributed by atoms with E-state index in [0.717, 1.165) is 0 Å². The molecule has 0 spiro atoms. The van der Waals surface area contributed by atoms with Gasteiger partial charge < -0.3 is 60.4 Å². The summed E-state index contributed by atoms with van der Waals surface area (Å²) in [7, 11) is 2.62. The number of hydrogen-bond acceptors (Lipinski definition) is 11. The first-order valence-electron chi connectivity index (χ1n) is 9.68. The van der Waals surface area contributed by atoms with Crippen LogP contribution in [-0.4, -0.2) is 126 Å². The molecule has 0 aromatic rings. The van der Waals surface area contributed by atoms with Crippen molar-refractivity contribution in [2.24, 2.45) is 0 Å². The lowest BCUT2D eigenvalue weighted by Gasteiger charge is -2.47. The quantitative estimate of drug-likeness (QED) is 0.184. The number of urea groups is 1. The first-order valence-corrected chi connectivity index (χ1v) is 9.68. The van der Waals surface area contributed by atoms with Crippen LogP contribution in [0.25, 0.3) is 0 Å². The minimum Gasteiger partial charge on any atom is -0.394 e. The number of aliphatic hydroxyl groups excluding tert-OH is 5. The van der Waals surface area contributed by atoms with Crippen molar-refractivity contribution in [3.8, 4) is 0 Å². The molecule has 0 aromatic heterocycles. The topological polar surface area (TPSA) is 208 Å². The van der Waals surface area contributed by atoms with Gasteiger partial charge in [0.1, 0.15) is 42.7 Å². The number of aliphatic hydroxyl groups is 5. The van der Waals surface area contributed by atoms with Crippen molar-refractivity contribution in [2.45, 2.75) is 68.2 Å². The third kappa shape index (κ3) is 5.79. The number of rotatable bonds is 7. The van der Waals surface area contributed by atoms with Gasteiger partial charge in [0.15, 0.2) is 12.6 Å². The summed E-state index contributed by atoms with van der Waals surface area (Å²) in [6.07, 6.45) is -10.9. The molecule has 10 atom stereocenters. The lowest BCUT2D eigenvalue weighted by atomic mass is 9.94. The van der Waals surface area contributed by atoms with Crippen LogP contribution >= 0.6 is 0 Å². The van der Waals surface area contributed by atoms with Gasteiger partial charge in [0.25, 0.3) is 0 Å². The fourth-order valence-electron chi connectivity index (χ4n) is 3.57. The zero-order valence-corrected chi connectivity index (χ0v) is 17.4. The molecule has 2 rings (SSSR count). The average molecular weight is 453 g/mol. The molecule has 2 saturated heterocycles. The summed E-state index contributed by atoms with van der Waals surface area (Å²) in [5.41, 5.74) is 0. The molecule has 0 aromatic carbocycles. The predicted molar refractivity (Wildman–Crippen MR) is 100 cm³/mol. The SMILES string of the molecule is CNC(=O)N[C@H]1[C@@H](O)[C@@H](CO)O[C@@H](O[C@H]2[C@H](O)[C@@H](NC(C)=O)C(OC)O[C@@H]2CO)[C@@H]1O. The summed E-state index contributed by atoms with van der Waals surface area (Å²) in [4.78, 5) is 23.2. The second kappa shape index (κ2) is 11.3. The number of amides is 3. The van der Waals surface area contributed by atoms with Crippen molar-refractivity contribution in [1.82, 2.24) is 16.0 Å². The van der Waals surface area contributed by atoms with Gasteiger partial charge in [-0.1, -0.05) is 0 Å². The van der Waals surface area contributed by atoms with E-state index in [1.807, 2.05) is 0 Å². The summed E-state index contributed by atoms with van der Waals surface area (Å²) in [6.45, 7) is -0.0417. The number of carbonyl (C=O) groups is 2. The summed E-state index contributed by atoms with van der Waals surface area (Å²) in [6, 6.07) is -3.07. The predicted octanol–water partition coefficient (Wildman–Crippen LogP) is -4.66. The van der Waals surface area contributed by atoms with Crippen LogP contribution in [0.2, 0.25) is 0 Å². The number of carbonyl (C=O) groups excluding carboxylic acids is 2. The highest BCUT2D eigenvalue weighted by Crippen LogP contribution is 2.29. The molecule has 31 heavy (non-hydrogen) atoms. The highest BCUT2D eigenvalue weighted by atomic mass is 16.7. The van der Waals surface area contributed by atoms with E-state index in [1.165, 1.54) is 21.1 Å². The third-order valence-corrected chi connectivity index (χ3v) is 5.16. The van der Waals surface area contributed by atoms with Crippen molar-refractivity contribution in [3.63, 3.8) is 0 Å². The molecule has 2 heterocycles. The molecule has 1 unspecified atom stereocenters. The normalized spacial score (nSPS) is 40.8. The molecule has 3 amide bonds. The Morgan fingerprint density at radius 2 is 1.52 bits per heavy atom. The summed E-state index contributed by atoms with van der Waals surface area (Å²) < 4.78 is 21.8. The number of nitrogens with one attached hydrogen (secondary N) is 3. The monoisotopic (exact) mass is 453 g/mol. The average Bonchev–Trinajstić information content (AvgIpc) is 2.75. The lowest BCUT2D eigenvalue weighted by Crippen LogP contribution is -2.69. The molecule has 2 aliphatic heterocycles. The van der Waals surface area contributed by atoms with Crippen LogP contribution in [0.5, 0.6) is 0 Å². The van der Waals surface area contributed by atoms with Gasteiger partial charge in [-0.05, 0) is 0 Å². The van der Waals surface area contributed by atoms with Gasteiger partial charge >= 0.3 is 6.03 Å².